The van der Waals surface area contributed by atoms with Crippen molar-refractivity contribution < 1.29 is 28.0 Å². The number of carbonyl (C=O) groups is 2. The normalized spacial score (nSPS) is 22.5. The van der Waals surface area contributed by atoms with Crippen molar-refractivity contribution >= 4 is 24.6 Å². The molecule has 2 aliphatic rings. The highest BCUT2D eigenvalue weighted by atomic mass is 19.1. The van der Waals surface area contributed by atoms with Gasteiger partial charge in [-0.25, -0.2) is 9.18 Å². The molecular weight excluding hydrogens is 426 g/mol. The molecule has 0 aromatic heterocycles. The molecule has 0 aliphatic carbocycles. The van der Waals surface area contributed by atoms with Crippen molar-refractivity contribution in [3.63, 3.8) is 0 Å². The Kier molecular flexibility index (Phi) is 6.63. The fourth-order valence-corrected chi connectivity index (χ4v) is 4.05. The maximum Gasteiger partial charge on any atom is 0.494 e. The summed E-state index contributed by atoms with van der Waals surface area (Å²) in [5, 5.41) is 0. The third kappa shape index (κ3) is 5.19. The number of piperazine rings is 1. The van der Waals surface area contributed by atoms with E-state index in [-0.39, 0.29) is 17.5 Å². The van der Waals surface area contributed by atoms with Gasteiger partial charge in [0.25, 0.3) is 5.91 Å². The minimum absolute atomic E-state index is 0.0354. The van der Waals surface area contributed by atoms with Crippen LogP contribution in [0.1, 0.15) is 71.3 Å². The van der Waals surface area contributed by atoms with Crippen LogP contribution in [0.5, 0.6) is 0 Å². The summed E-state index contributed by atoms with van der Waals surface area (Å²) in [4.78, 5) is 28.9. The van der Waals surface area contributed by atoms with Gasteiger partial charge in [-0.05, 0) is 79.4 Å². The maximum absolute atomic E-state index is 15.2. The molecule has 1 atom stereocenters. The van der Waals surface area contributed by atoms with E-state index >= 15 is 4.39 Å². The highest BCUT2D eigenvalue weighted by molar-refractivity contribution is 6.62. The van der Waals surface area contributed by atoms with Gasteiger partial charge in [0.2, 0.25) is 0 Å². The Hall–Kier alpha value is -2.13. The Labute approximate surface area is 196 Å². The van der Waals surface area contributed by atoms with Crippen LogP contribution >= 0.6 is 0 Å². The number of ether oxygens (including phenoxy) is 1. The summed E-state index contributed by atoms with van der Waals surface area (Å²) in [5.41, 5.74) is -0.576. The zero-order chi connectivity index (χ0) is 24.9. The number of nitrogens with zero attached hydrogens (tertiary/aromatic N) is 2. The van der Waals surface area contributed by atoms with Gasteiger partial charge in [-0.3, -0.25) is 4.79 Å². The second-order valence-corrected chi connectivity index (χ2v) is 11.1. The van der Waals surface area contributed by atoms with E-state index in [0.29, 0.717) is 30.7 Å². The summed E-state index contributed by atoms with van der Waals surface area (Å²) in [7, 11) is -0.704. The number of benzene rings is 1. The number of hydrogen-bond donors (Lipinski definition) is 0. The molecule has 2 aliphatic heterocycles. The molecule has 182 valence electrons. The Morgan fingerprint density at radius 1 is 1.12 bits per heavy atom. The van der Waals surface area contributed by atoms with Crippen molar-refractivity contribution in [3.8, 4) is 0 Å². The molecule has 0 spiro atoms. The molecule has 0 N–H and O–H groups in total. The number of amides is 2. The summed E-state index contributed by atoms with van der Waals surface area (Å²) in [6, 6.07) is 2.83. The van der Waals surface area contributed by atoms with Gasteiger partial charge in [-0.2, -0.15) is 0 Å². The second kappa shape index (κ2) is 8.58. The predicted molar refractivity (Wildman–Crippen MR) is 125 cm³/mol. The van der Waals surface area contributed by atoms with Gasteiger partial charge in [-0.15, -0.1) is 0 Å². The zero-order valence-corrected chi connectivity index (χ0v) is 21.2. The van der Waals surface area contributed by atoms with Crippen LogP contribution in [-0.4, -0.2) is 71.4 Å². The Bertz CT molecular complexity index is 904. The fraction of sp³-hybridized carbons (Fsp3) is 0.667. The van der Waals surface area contributed by atoms with Crippen LogP contribution in [0.25, 0.3) is 0 Å². The quantitative estimate of drug-likeness (QED) is 0.630. The summed E-state index contributed by atoms with van der Waals surface area (Å²) in [6.07, 6.45) is -0.406. The Morgan fingerprint density at radius 2 is 1.70 bits per heavy atom. The zero-order valence-electron chi connectivity index (χ0n) is 21.2. The van der Waals surface area contributed by atoms with Crippen molar-refractivity contribution in [2.24, 2.45) is 0 Å². The highest BCUT2D eigenvalue weighted by Crippen LogP contribution is 2.36. The first-order valence-corrected chi connectivity index (χ1v) is 11.5. The van der Waals surface area contributed by atoms with Crippen LogP contribution in [0.15, 0.2) is 12.1 Å². The van der Waals surface area contributed by atoms with Crippen molar-refractivity contribution in [2.45, 2.75) is 85.2 Å². The number of carbonyl (C=O) groups excluding carboxylic acids is 2. The third-order valence-electron chi connectivity index (χ3n) is 6.59. The van der Waals surface area contributed by atoms with E-state index in [2.05, 4.69) is 0 Å². The van der Waals surface area contributed by atoms with Crippen molar-refractivity contribution in [1.29, 1.82) is 0 Å². The summed E-state index contributed by atoms with van der Waals surface area (Å²) >= 11 is 0. The minimum Gasteiger partial charge on any atom is -0.444 e. The second-order valence-electron chi connectivity index (χ2n) is 11.1. The van der Waals surface area contributed by atoms with Crippen LogP contribution in [0.2, 0.25) is 0 Å². The van der Waals surface area contributed by atoms with E-state index in [9.17, 15) is 9.59 Å². The molecule has 2 amide bonds. The highest BCUT2D eigenvalue weighted by Gasteiger charge is 2.52. The number of rotatable bonds is 2. The molecule has 1 aromatic carbocycles. The van der Waals surface area contributed by atoms with E-state index in [1.807, 2.05) is 55.4 Å². The van der Waals surface area contributed by atoms with Crippen molar-refractivity contribution in [2.75, 3.05) is 19.6 Å². The van der Waals surface area contributed by atoms with Gasteiger partial charge in [0.1, 0.15) is 11.4 Å². The van der Waals surface area contributed by atoms with E-state index in [0.717, 1.165) is 0 Å². The summed E-state index contributed by atoms with van der Waals surface area (Å²) in [5.74, 6) is -0.993. The Morgan fingerprint density at radius 3 is 2.18 bits per heavy atom. The molecule has 0 unspecified atom stereocenters. The first kappa shape index (κ1) is 25.5. The topological polar surface area (TPSA) is 68.3 Å². The standard InChI is InChI=1S/C24H36BFN2O5/c1-15-12-17(25-32-23(6,7)24(8,9)33-25)13-18(26)19(15)20(29)27-10-11-28(16(2)14-27)21(30)31-22(3,4)5/h12-13,16H,10-11,14H2,1-9H3/t16-/m1/s1. The molecule has 9 heteroatoms. The summed E-state index contributed by atoms with van der Waals surface area (Å²) < 4.78 is 32.7. The monoisotopic (exact) mass is 462 g/mol. The third-order valence-corrected chi connectivity index (χ3v) is 6.59. The van der Waals surface area contributed by atoms with E-state index in [4.69, 9.17) is 14.0 Å². The van der Waals surface area contributed by atoms with E-state index in [1.54, 1.807) is 22.8 Å². The van der Waals surface area contributed by atoms with Crippen molar-refractivity contribution in [3.05, 3.63) is 29.1 Å². The lowest BCUT2D eigenvalue weighted by molar-refractivity contribution is 0.00189. The van der Waals surface area contributed by atoms with Crippen LogP contribution in [-0.2, 0) is 14.0 Å². The molecule has 2 saturated heterocycles. The lowest BCUT2D eigenvalue weighted by atomic mass is 9.77. The molecule has 0 radical (unpaired) electrons. The van der Waals surface area contributed by atoms with Gasteiger partial charge < -0.3 is 23.8 Å². The number of halogens is 1. The SMILES string of the molecule is Cc1cc(B2OC(C)(C)C(C)(C)O2)cc(F)c1C(=O)N1CCN(C(=O)OC(C)(C)C)[C@H](C)C1. The molecular formula is C24H36BFN2O5. The smallest absolute Gasteiger partial charge is 0.444 e. The molecule has 0 saturated carbocycles. The van der Waals surface area contributed by atoms with Crippen molar-refractivity contribution in [1.82, 2.24) is 9.80 Å². The first-order chi connectivity index (χ1) is 15.0. The van der Waals surface area contributed by atoms with E-state index in [1.165, 1.54) is 6.07 Å². The molecule has 33 heavy (non-hydrogen) atoms. The van der Waals surface area contributed by atoms with Crippen LogP contribution in [0.3, 0.4) is 0 Å². The lowest BCUT2D eigenvalue weighted by Gasteiger charge is -2.40. The molecule has 7 nitrogen and oxygen atoms in total. The fourth-order valence-electron chi connectivity index (χ4n) is 4.05. The lowest BCUT2D eigenvalue weighted by Crippen LogP contribution is -2.56. The van der Waals surface area contributed by atoms with Gasteiger partial charge in [0.05, 0.1) is 16.8 Å². The average Bonchev–Trinajstić information content (AvgIpc) is 2.86. The van der Waals surface area contributed by atoms with Gasteiger partial charge in [0.15, 0.2) is 0 Å². The molecule has 3 rings (SSSR count). The molecule has 1 aromatic rings. The van der Waals surface area contributed by atoms with E-state index < -0.39 is 35.8 Å². The molecule has 2 fully saturated rings. The Balaban J connectivity index is 1.74. The van der Waals surface area contributed by atoms with Crippen LogP contribution < -0.4 is 5.46 Å². The van der Waals surface area contributed by atoms with Gasteiger partial charge in [0, 0.05) is 25.7 Å². The number of hydrogen-bond acceptors (Lipinski definition) is 5. The maximum atomic E-state index is 15.2. The molecule has 0 bridgehead atoms. The van der Waals surface area contributed by atoms with Crippen LogP contribution in [0, 0.1) is 12.7 Å². The average molecular weight is 462 g/mol. The summed E-state index contributed by atoms with van der Waals surface area (Å²) in [6.45, 7) is 17.7. The van der Waals surface area contributed by atoms with Gasteiger partial charge in [-0.1, -0.05) is 6.07 Å². The minimum atomic E-state index is -0.704. The predicted octanol–water partition coefficient (Wildman–Crippen LogP) is 3.51. The first-order valence-electron chi connectivity index (χ1n) is 11.5. The molecule has 2 heterocycles. The van der Waals surface area contributed by atoms with Crippen LogP contribution in [0.4, 0.5) is 9.18 Å². The largest absolute Gasteiger partial charge is 0.494 e. The van der Waals surface area contributed by atoms with Gasteiger partial charge >= 0.3 is 13.2 Å². The number of aryl methyl sites for hydroxylation is 1.